The molecule has 0 unspecified atom stereocenters. The van der Waals surface area contributed by atoms with Crippen molar-refractivity contribution >= 4 is 21.8 Å². The molecule has 0 saturated heterocycles. The topological polar surface area (TPSA) is 43.6 Å². The Labute approximate surface area is 319 Å². The number of nitrogens with zero attached hydrogens (tertiary/aromatic N) is 4. The molecule has 0 fully saturated rings. The van der Waals surface area contributed by atoms with E-state index in [0.717, 1.165) is 55.7 Å². The fraction of sp³-hybridized carbons (Fsp3) is 0. The fourth-order valence-corrected chi connectivity index (χ4v) is 7.57. The van der Waals surface area contributed by atoms with E-state index in [4.69, 9.17) is 15.0 Å². The van der Waals surface area contributed by atoms with Gasteiger partial charge in [-0.3, -0.25) is 0 Å². The van der Waals surface area contributed by atoms with Gasteiger partial charge in [0.25, 0.3) is 0 Å². The third kappa shape index (κ3) is 6.06. The van der Waals surface area contributed by atoms with Gasteiger partial charge in [-0.1, -0.05) is 182 Å². The minimum atomic E-state index is 0.614. The molecule has 0 N–H and O–H groups in total. The SMILES string of the molecule is c1ccc(-c2ccc(-c3cccc(-c4nc(-c5ccccc5)nc(-c5ccc(-c6ccccc6)c(-n6c7ccccc7c7ccccc76)c5)n4)c3)cc2)cc1. The molecule has 0 aliphatic carbocycles. The molecule has 10 aromatic rings. The lowest BCUT2D eigenvalue weighted by Crippen LogP contribution is -2.02. The fourth-order valence-electron chi connectivity index (χ4n) is 7.57. The highest BCUT2D eigenvalue weighted by Crippen LogP contribution is 2.38. The van der Waals surface area contributed by atoms with Crippen molar-refractivity contribution in [3.63, 3.8) is 0 Å². The van der Waals surface area contributed by atoms with Gasteiger partial charge in [-0.15, -0.1) is 0 Å². The summed E-state index contributed by atoms with van der Waals surface area (Å²) in [6.45, 7) is 0. The Balaban J connectivity index is 1.14. The average molecular weight is 703 g/mol. The van der Waals surface area contributed by atoms with Gasteiger partial charge in [-0.2, -0.15) is 0 Å². The van der Waals surface area contributed by atoms with Crippen LogP contribution in [-0.4, -0.2) is 19.5 Å². The Bertz CT molecular complexity index is 2900. The van der Waals surface area contributed by atoms with Crippen LogP contribution in [0.25, 0.3) is 95.0 Å². The molecule has 2 aromatic heterocycles. The molecule has 4 nitrogen and oxygen atoms in total. The molecule has 0 amide bonds. The van der Waals surface area contributed by atoms with Crippen LogP contribution in [0.15, 0.2) is 206 Å². The van der Waals surface area contributed by atoms with Gasteiger partial charge in [0, 0.05) is 33.0 Å². The van der Waals surface area contributed by atoms with Crippen LogP contribution in [0, 0.1) is 0 Å². The van der Waals surface area contributed by atoms with Crippen molar-refractivity contribution in [2.75, 3.05) is 0 Å². The molecule has 0 atom stereocenters. The van der Waals surface area contributed by atoms with E-state index in [0.29, 0.717) is 17.5 Å². The van der Waals surface area contributed by atoms with E-state index >= 15 is 0 Å². The maximum atomic E-state index is 5.21. The van der Waals surface area contributed by atoms with E-state index in [9.17, 15) is 0 Å². The molecule has 0 radical (unpaired) electrons. The Morgan fingerprint density at radius 3 is 1.27 bits per heavy atom. The average Bonchev–Trinajstić information content (AvgIpc) is 3.61. The third-order valence-corrected chi connectivity index (χ3v) is 10.3. The molecule has 0 aliphatic rings. The van der Waals surface area contributed by atoms with Crippen molar-refractivity contribution in [3.05, 3.63) is 206 Å². The lowest BCUT2D eigenvalue weighted by atomic mass is 9.99. The molecule has 0 aliphatic heterocycles. The van der Waals surface area contributed by atoms with E-state index in [1.807, 2.05) is 24.3 Å². The summed E-state index contributed by atoms with van der Waals surface area (Å²) in [5.74, 6) is 1.86. The van der Waals surface area contributed by atoms with Crippen LogP contribution in [0.2, 0.25) is 0 Å². The second-order valence-electron chi connectivity index (χ2n) is 13.7. The van der Waals surface area contributed by atoms with Crippen LogP contribution >= 0.6 is 0 Å². The predicted octanol–water partition coefficient (Wildman–Crippen LogP) is 13.0. The van der Waals surface area contributed by atoms with Crippen molar-refractivity contribution < 1.29 is 0 Å². The predicted molar refractivity (Wildman–Crippen MR) is 227 cm³/mol. The van der Waals surface area contributed by atoms with Crippen LogP contribution < -0.4 is 0 Å². The number of aromatic nitrogens is 4. The first kappa shape index (κ1) is 32.2. The second kappa shape index (κ2) is 13.8. The van der Waals surface area contributed by atoms with Crippen LogP contribution in [0.5, 0.6) is 0 Å². The van der Waals surface area contributed by atoms with Gasteiger partial charge in [0.15, 0.2) is 17.5 Å². The van der Waals surface area contributed by atoms with Crippen LogP contribution in [0.3, 0.4) is 0 Å². The van der Waals surface area contributed by atoms with Crippen molar-refractivity contribution in [2.45, 2.75) is 0 Å². The van der Waals surface area contributed by atoms with E-state index < -0.39 is 0 Å². The van der Waals surface area contributed by atoms with E-state index in [-0.39, 0.29) is 0 Å². The van der Waals surface area contributed by atoms with Gasteiger partial charge in [-0.05, 0) is 52.1 Å². The van der Waals surface area contributed by atoms with E-state index in [2.05, 4.69) is 187 Å². The molecule has 2 heterocycles. The zero-order chi connectivity index (χ0) is 36.6. The molecule has 10 rings (SSSR count). The standard InChI is InChI=1S/C51H34N4/c1-4-15-35(16-5-1)36-27-29-37(30-28-36)40-21-14-22-41(33-40)50-52-49(39-19-8-3-9-20-39)53-51(54-50)42-31-32-43(38-17-6-2-7-18-38)48(34-42)55-46-25-12-10-23-44(46)45-24-11-13-26-47(45)55/h1-34H. The zero-order valence-electron chi connectivity index (χ0n) is 29.9. The summed E-state index contributed by atoms with van der Waals surface area (Å²) in [7, 11) is 0. The molecule has 258 valence electrons. The number of fused-ring (bicyclic) bond motifs is 3. The van der Waals surface area contributed by atoms with E-state index in [1.54, 1.807) is 0 Å². The minimum Gasteiger partial charge on any atom is -0.309 e. The number of para-hydroxylation sites is 2. The van der Waals surface area contributed by atoms with Crippen molar-refractivity contribution in [2.24, 2.45) is 0 Å². The quantitative estimate of drug-likeness (QED) is 0.166. The summed E-state index contributed by atoms with van der Waals surface area (Å²) in [4.78, 5) is 15.4. The van der Waals surface area contributed by atoms with Gasteiger partial charge < -0.3 is 4.57 Å². The smallest absolute Gasteiger partial charge is 0.164 e. The molecule has 55 heavy (non-hydrogen) atoms. The molecule has 8 aromatic carbocycles. The normalized spacial score (nSPS) is 11.3. The Morgan fingerprint density at radius 1 is 0.273 bits per heavy atom. The Morgan fingerprint density at radius 2 is 0.673 bits per heavy atom. The van der Waals surface area contributed by atoms with Crippen LogP contribution in [0.4, 0.5) is 0 Å². The molecular weight excluding hydrogens is 669 g/mol. The van der Waals surface area contributed by atoms with Gasteiger partial charge in [0.2, 0.25) is 0 Å². The second-order valence-corrected chi connectivity index (χ2v) is 13.7. The summed E-state index contributed by atoms with van der Waals surface area (Å²) in [5, 5.41) is 2.43. The van der Waals surface area contributed by atoms with Crippen molar-refractivity contribution in [1.82, 2.24) is 19.5 Å². The Kier molecular flexibility index (Phi) is 8.12. The Hall–Kier alpha value is -7.43. The molecule has 0 spiro atoms. The van der Waals surface area contributed by atoms with Crippen LogP contribution in [0.1, 0.15) is 0 Å². The maximum absolute atomic E-state index is 5.21. The molecular formula is C51H34N4. The highest BCUT2D eigenvalue weighted by atomic mass is 15.0. The molecule has 0 saturated carbocycles. The highest BCUT2D eigenvalue weighted by Gasteiger charge is 2.19. The number of hydrogen-bond acceptors (Lipinski definition) is 3. The third-order valence-electron chi connectivity index (χ3n) is 10.3. The number of rotatable bonds is 7. The largest absolute Gasteiger partial charge is 0.309 e. The summed E-state index contributed by atoms with van der Waals surface area (Å²) >= 11 is 0. The monoisotopic (exact) mass is 702 g/mol. The van der Waals surface area contributed by atoms with Gasteiger partial charge in [0.1, 0.15) is 0 Å². The molecule has 0 bridgehead atoms. The maximum Gasteiger partial charge on any atom is 0.164 e. The summed E-state index contributed by atoms with van der Waals surface area (Å²) in [6, 6.07) is 72.2. The van der Waals surface area contributed by atoms with Crippen molar-refractivity contribution in [3.8, 4) is 73.2 Å². The van der Waals surface area contributed by atoms with Gasteiger partial charge >= 0.3 is 0 Å². The zero-order valence-corrected chi connectivity index (χ0v) is 29.9. The van der Waals surface area contributed by atoms with E-state index in [1.165, 1.54) is 21.9 Å². The molecule has 4 heteroatoms. The first-order chi connectivity index (χ1) is 27.3. The minimum absolute atomic E-state index is 0.614. The summed E-state index contributed by atoms with van der Waals surface area (Å²) in [6.07, 6.45) is 0. The first-order valence-electron chi connectivity index (χ1n) is 18.5. The van der Waals surface area contributed by atoms with Gasteiger partial charge in [-0.25, -0.2) is 15.0 Å². The van der Waals surface area contributed by atoms with Crippen LogP contribution in [-0.2, 0) is 0 Å². The lowest BCUT2D eigenvalue weighted by Gasteiger charge is -2.16. The lowest BCUT2D eigenvalue weighted by molar-refractivity contribution is 1.07. The number of hydrogen-bond donors (Lipinski definition) is 0. The highest BCUT2D eigenvalue weighted by molar-refractivity contribution is 6.09. The number of benzene rings is 8. The summed E-state index contributed by atoms with van der Waals surface area (Å²) < 4.78 is 2.38. The van der Waals surface area contributed by atoms with Gasteiger partial charge in [0.05, 0.1) is 16.7 Å². The van der Waals surface area contributed by atoms with Crippen molar-refractivity contribution in [1.29, 1.82) is 0 Å². The first-order valence-corrected chi connectivity index (χ1v) is 18.5. The summed E-state index contributed by atoms with van der Waals surface area (Å²) in [5.41, 5.74) is 13.0.